The smallest absolute Gasteiger partial charge is 0.227 e. The number of nitrogens with zero attached hydrogens (tertiary/aromatic N) is 1. The van der Waals surface area contributed by atoms with E-state index in [1.807, 2.05) is 6.07 Å². The predicted octanol–water partition coefficient (Wildman–Crippen LogP) is 2.53. The van der Waals surface area contributed by atoms with Gasteiger partial charge in [0.1, 0.15) is 6.07 Å². The molecule has 5 heteroatoms. The van der Waals surface area contributed by atoms with E-state index in [0.29, 0.717) is 22.8 Å². The van der Waals surface area contributed by atoms with Gasteiger partial charge in [-0.3, -0.25) is 4.79 Å². The summed E-state index contributed by atoms with van der Waals surface area (Å²) in [5, 5.41) is 12.1. The average Bonchev–Trinajstić information content (AvgIpc) is 2.89. The molecule has 100 valence electrons. The van der Waals surface area contributed by atoms with Crippen LogP contribution < -0.4 is 11.1 Å². The summed E-state index contributed by atoms with van der Waals surface area (Å²) >= 11 is 5.85. The molecular weight excluding hydrogens is 262 g/mol. The van der Waals surface area contributed by atoms with Crippen LogP contribution in [0.5, 0.6) is 0 Å². The molecule has 1 fully saturated rings. The quantitative estimate of drug-likeness (QED) is 0.891. The van der Waals surface area contributed by atoms with Crippen LogP contribution >= 0.6 is 11.6 Å². The van der Waals surface area contributed by atoms with Crippen LogP contribution in [0.4, 0.5) is 5.69 Å². The predicted molar refractivity (Wildman–Crippen MR) is 74.7 cm³/mol. The fourth-order valence-electron chi connectivity index (χ4n) is 2.59. The van der Waals surface area contributed by atoms with Gasteiger partial charge in [0.05, 0.1) is 10.6 Å². The lowest BCUT2D eigenvalue weighted by molar-refractivity contribution is -0.120. The molecule has 1 aliphatic carbocycles. The summed E-state index contributed by atoms with van der Waals surface area (Å²) in [5.41, 5.74) is 6.65. The molecule has 0 heterocycles. The first-order valence-electron chi connectivity index (χ1n) is 6.36. The zero-order valence-corrected chi connectivity index (χ0v) is 11.3. The molecule has 3 N–H and O–H groups in total. The highest BCUT2D eigenvalue weighted by atomic mass is 35.5. The first kappa shape index (κ1) is 13.9. The molecule has 19 heavy (non-hydrogen) atoms. The fraction of sp³-hybridized carbons (Fsp3) is 0.429. The molecule has 4 nitrogen and oxygen atoms in total. The summed E-state index contributed by atoms with van der Waals surface area (Å²) in [4.78, 5) is 12.2. The Balaban J connectivity index is 2.09. The zero-order valence-electron chi connectivity index (χ0n) is 10.5. The SMILES string of the molecule is N#Cc1cc(NC(=O)C2CCCC2CN)ccc1Cl. The van der Waals surface area contributed by atoms with Crippen LogP contribution in [0.2, 0.25) is 5.02 Å². The summed E-state index contributed by atoms with van der Waals surface area (Å²) < 4.78 is 0. The summed E-state index contributed by atoms with van der Waals surface area (Å²) in [6.45, 7) is 0.544. The van der Waals surface area contributed by atoms with Crippen LogP contribution in [0.1, 0.15) is 24.8 Å². The van der Waals surface area contributed by atoms with Gasteiger partial charge in [-0.1, -0.05) is 18.0 Å². The molecule has 2 atom stereocenters. The molecule has 1 amide bonds. The van der Waals surface area contributed by atoms with E-state index in [2.05, 4.69) is 5.32 Å². The Morgan fingerprint density at radius 2 is 2.32 bits per heavy atom. The standard InChI is InChI=1S/C14H16ClN3O/c15-13-5-4-11(6-10(13)8-17)18-14(19)12-3-1-2-9(12)7-16/h4-6,9,12H,1-3,7,16H2,(H,18,19). The van der Waals surface area contributed by atoms with Crippen molar-refractivity contribution in [2.45, 2.75) is 19.3 Å². The van der Waals surface area contributed by atoms with Crippen molar-refractivity contribution in [1.29, 1.82) is 5.26 Å². The van der Waals surface area contributed by atoms with Gasteiger partial charge >= 0.3 is 0 Å². The Kier molecular flexibility index (Phi) is 4.41. The molecular formula is C14H16ClN3O. The lowest BCUT2D eigenvalue weighted by atomic mass is 9.95. The van der Waals surface area contributed by atoms with Gasteiger partial charge in [0.2, 0.25) is 5.91 Å². The monoisotopic (exact) mass is 277 g/mol. The molecule has 0 spiro atoms. The minimum Gasteiger partial charge on any atom is -0.330 e. The van der Waals surface area contributed by atoms with Crippen molar-refractivity contribution in [3.05, 3.63) is 28.8 Å². The van der Waals surface area contributed by atoms with Gasteiger partial charge in [-0.25, -0.2) is 0 Å². The van der Waals surface area contributed by atoms with Crippen LogP contribution in [-0.2, 0) is 4.79 Å². The fourth-order valence-corrected chi connectivity index (χ4v) is 2.75. The number of carbonyl (C=O) groups excluding carboxylic acids is 1. The Bertz CT molecular complexity index is 524. The molecule has 1 aliphatic rings. The summed E-state index contributed by atoms with van der Waals surface area (Å²) in [6.07, 6.45) is 2.94. The molecule has 1 saturated carbocycles. The molecule has 0 aliphatic heterocycles. The summed E-state index contributed by atoms with van der Waals surface area (Å²) in [6, 6.07) is 6.90. The molecule has 1 aromatic rings. The number of amides is 1. The lowest BCUT2D eigenvalue weighted by Crippen LogP contribution is -2.29. The van der Waals surface area contributed by atoms with E-state index in [1.54, 1.807) is 18.2 Å². The normalized spacial score (nSPS) is 21.9. The average molecular weight is 278 g/mol. The first-order valence-corrected chi connectivity index (χ1v) is 6.74. The van der Waals surface area contributed by atoms with Crippen molar-refractivity contribution >= 4 is 23.2 Å². The summed E-state index contributed by atoms with van der Waals surface area (Å²) in [5.74, 6) is 0.230. The van der Waals surface area contributed by atoms with Gasteiger partial charge in [0, 0.05) is 11.6 Å². The highest BCUT2D eigenvalue weighted by Crippen LogP contribution is 2.32. The van der Waals surface area contributed by atoms with Crippen molar-refractivity contribution < 1.29 is 4.79 Å². The van der Waals surface area contributed by atoms with Crippen LogP contribution in [0.15, 0.2) is 18.2 Å². The third-order valence-corrected chi connectivity index (χ3v) is 3.98. The zero-order chi connectivity index (χ0) is 13.8. The number of rotatable bonds is 3. The van der Waals surface area contributed by atoms with Crippen LogP contribution in [0.3, 0.4) is 0 Å². The number of halogens is 1. The van der Waals surface area contributed by atoms with E-state index in [0.717, 1.165) is 19.3 Å². The van der Waals surface area contributed by atoms with Gasteiger partial charge in [-0.05, 0) is 43.5 Å². The van der Waals surface area contributed by atoms with Gasteiger partial charge in [-0.2, -0.15) is 5.26 Å². The van der Waals surface area contributed by atoms with Gasteiger partial charge in [-0.15, -0.1) is 0 Å². The molecule has 0 bridgehead atoms. The van der Waals surface area contributed by atoms with E-state index in [1.165, 1.54) is 0 Å². The van der Waals surface area contributed by atoms with E-state index in [-0.39, 0.29) is 17.7 Å². The number of nitriles is 1. The topological polar surface area (TPSA) is 78.9 Å². The molecule has 0 radical (unpaired) electrons. The molecule has 0 aromatic heterocycles. The van der Waals surface area contributed by atoms with E-state index in [4.69, 9.17) is 22.6 Å². The number of benzene rings is 1. The highest BCUT2D eigenvalue weighted by Gasteiger charge is 2.31. The Morgan fingerprint density at radius 3 is 3.00 bits per heavy atom. The Morgan fingerprint density at radius 1 is 1.53 bits per heavy atom. The van der Waals surface area contributed by atoms with Gasteiger partial charge in [0.25, 0.3) is 0 Å². The number of hydrogen-bond donors (Lipinski definition) is 2. The maximum Gasteiger partial charge on any atom is 0.227 e. The van der Waals surface area contributed by atoms with E-state index in [9.17, 15) is 4.79 Å². The molecule has 1 aromatic carbocycles. The maximum atomic E-state index is 12.2. The van der Waals surface area contributed by atoms with E-state index >= 15 is 0 Å². The van der Waals surface area contributed by atoms with E-state index < -0.39 is 0 Å². The number of carbonyl (C=O) groups is 1. The first-order chi connectivity index (χ1) is 9.15. The second-order valence-corrected chi connectivity index (χ2v) is 5.24. The lowest BCUT2D eigenvalue weighted by Gasteiger charge is -2.17. The van der Waals surface area contributed by atoms with Crippen molar-refractivity contribution in [1.82, 2.24) is 0 Å². The minimum absolute atomic E-state index is 0.0147. The Labute approximate surface area is 117 Å². The van der Waals surface area contributed by atoms with Gasteiger partial charge < -0.3 is 11.1 Å². The number of nitrogens with two attached hydrogens (primary N) is 1. The van der Waals surface area contributed by atoms with Crippen LogP contribution in [-0.4, -0.2) is 12.5 Å². The second-order valence-electron chi connectivity index (χ2n) is 4.83. The summed E-state index contributed by atoms with van der Waals surface area (Å²) in [7, 11) is 0. The molecule has 0 saturated heterocycles. The van der Waals surface area contributed by atoms with Crippen molar-refractivity contribution in [3.8, 4) is 6.07 Å². The number of anilines is 1. The maximum absolute atomic E-state index is 12.2. The van der Waals surface area contributed by atoms with Crippen LogP contribution in [0.25, 0.3) is 0 Å². The van der Waals surface area contributed by atoms with Gasteiger partial charge in [0.15, 0.2) is 0 Å². The second kappa shape index (κ2) is 6.05. The highest BCUT2D eigenvalue weighted by molar-refractivity contribution is 6.31. The number of hydrogen-bond acceptors (Lipinski definition) is 3. The molecule has 2 unspecified atom stereocenters. The van der Waals surface area contributed by atoms with Crippen molar-refractivity contribution in [2.24, 2.45) is 17.6 Å². The Hall–Kier alpha value is -1.57. The molecule has 2 rings (SSSR count). The van der Waals surface area contributed by atoms with Crippen molar-refractivity contribution in [3.63, 3.8) is 0 Å². The largest absolute Gasteiger partial charge is 0.330 e. The minimum atomic E-state index is -0.0220. The third-order valence-electron chi connectivity index (χ3n) is 3.65. The number of nitrogens with one attached hydrogen (secondary N) is 1. The van der Waals surface area contributed by atoms with Crippen LogP contribution in [0, 0.1) is 23.2 Å². The van der Waals surface area contributed by atoms with Crippen molar-refractivity contribution in [2.75, 3.05) is 11.9 Å². The third kappa shape index (κ3) is 3.06.